The molecule has 0 radical (unpaired) electrons. The fourth-order valence-electron chi connectivity index (χ4n) is 6.07. The molecule has 3 heterocycles. The molecular weight excluding hydrogens is 505 g/mol. The molecule has 6 rings (SSSR count). The van der Waals surface area contributed by atoms with E-state index in [2.05, 4.69) is 11.5 Å². The number of fused-ring (bicyclic) bond motifs is 1. The first-order chi connectivity index (χ1) is 18.9. The highest BCUT2D eigenvalue weighted by Crippen LogP contribution is 2.41. The number of pyridine rings is 1. The predicted octanol–water partition coefficient (Wildman–Crippen LogP) is 5.18. The minimum absolute atomic E-state index is 0.124. The summed E-state index contributed by atoms with van der Waals surface area (Å²) in [7, 11) is 0. The van der Waals surface area contributed by atoms with Crippen LogP contribution in [0.1, 0.15) is 76.3 Å². The van der Waals surface area contributed by atoms with Gasteiger partial charge in [0.25, 0.3) is 0 Å². The van der Waals surface area contributed by atoms with Gasteiger partial charge in [0.15, 0.2) is 11.7 Å². The van der Waals surface area contributed by atoms with Crippen LogP contribution in [0.2, 0.25) is 0 Å². The monoisotopic (exact) mass is 543 g/mol. The summed E-state index contributed by atoms with van der Waals surface area (Å²) in [4.78, 5) is 40.4. The summed E-state index contributed by atoms with van der Waals surface area (Å²) < 4.78 is 29.3. The number of halogens is 1. The number of hydrogen-bond acceptors (Lipinski definition) is 7. The number of anilines is 1. The topological polar surface area (TPSA) is 82.5 Å². The number of hydrogen-bond donors (Lipinski definition) is 0. The Balaban J connectivity index is 1.08. The Morgan fingerprint density at radius 1 is 1.18 bits per heavy atom. The smallest absolute Gasteiger partial charge is 0.410 e. The van der Waals surface area contributed by atoms with Crippen LogP contribution in [-0.4, -0.2) is 59.9 Å². The number of ether oxygens (including phenoxy) is 2. The third-order valence-corrected chi connectivity index (χ3v) is 8.43. The zero-order chi connectivity index (χ0) is 27.1. The van der Waals surface area contributed by atoms with E-state index in [1.54, 1.807) is 17.9 Å². The van der Waals surface area contributed by atoms with E-state index in [0.29, 0.717) is 61.7 Å². The van der Waals surface area contributed by atoms with Gasteiger partial charge in [0.1, 0.15) is 11.9 Å². The maximum atomic E-state index is 15.2. The molecule has 2 aliphatic heterocycles. The van der Waals surface area contributed by atoms with Crippen LogP contribution < -0.4 is 10.3 Å². The van der Waals surface area contributed by atoms with Crippen molar-refractivity contribution in [2.75, 3.05) is 31.1 Å². The van der Waals surface area contributed by atoms with Gasteiger partial charge in [-0.1, -0.05) is 13.3 Å². The van der Waals surface area contributed by atoms with Crippen molar-refractivity contribution >= 4 is 22.7 Å². The van der Waals surface area contributed by atoms with E-state index < -0.39 is 11.6 Å². The van der Waals surface area contributed by atoms with Crippen LogP contribution >= 0.6 is 0 Å². The van der Waals surface area contributed by atoms with Crippen LogP contribution in [-0.2, 0) is 19.2 Å². The van der Waals surface area contributed by atoms with Crippen molar-refractivity contribution in [3.63, 3.8) is 0 Å². The van der Waals surface area contributed by atoms with Gasteiger partial charge < -0.3 is 23.8 Å². The van der Waals surface area contributed by atoms with Crippen LogP contribution in [0, 0.1) is 12.7 Å². The summed E-state index contributed by atoms with van der Waals surface area (Å²) in [5, 5.41) is 0.424. The Labute approximate surface area is 227 Å². The first-order valence-electron chi connectivity index (χ1n) is 14.4. The number of rotatable bonds is 6. The Bertz CT molecular complexity index is 1290. The summed E-state index contributed by atoms with van der Waals surface area (Å²) in [5.74, 6) is -1.25. The molecule has 10 heteroatoms. The van der Waals surface area contributed by atoms with Gasteiger partial charge in [-0.2, -0.15) is 4.89 Å². The Morgan fingerprint density at radius 3 is 2.72 bits per heavy atom. The first-order valence-corrected chi connectivity index (χ1v) is 14.4. The normalized spacial score (nSPS) is 27.5. The average Bonchev–Trinajstić information content (AvgIpc) is 3.71. The van der Waals surface area contributed by atoms with Crippen molar-refractivity contribution in [3.8, 4) is 0 Å². The first kappa shape index (κ1) is 26.5. The Morgan fingerprint density at radius 2 is 1.97 bits per heavy atom. The molecule has 1 amide bonds. The van der Waals surface area contributed by atoms with Crippen molar-refractivity contribution in [1.29, 1.82) is 0 Å². The molecular formula is C29H38FN3O6. The van der Waals surface area contributed by atoms with Gasteiger partial charge in [0.2, 0.25) is 5.79 Å². The van der Waals surface area contributed by atoms with E-state index in [9.17, 15) is 9.59 Å². The second-order valence-electron chi connectivity index (χ2n) is 11.5. The molecule has 212 valence electrons. The summed E-state index contributed by atoms with van der Waals surface area (Å²) in [6.07, 6.45) is 8.56. The second kappa shape index (κ2) is 10.7. The quantitative estimate of drug-likeness (QED) is 0.465. The molecule has 2 aliphatic carbocycles. The number of benzene rings is 1. The van der Waals surface area contributed by atoms with Gasteiger partial charge in [0.05, 0.1) is 11.2 Å². The van der Waals surface area contributed by atoms with Gasteiger partial charge in [-0.15, -0.1) is 0 Å². The van der Waals surface area contributed by atoms with E-state index in [0.717, 1.165) is 50.5 Å². The number of piperazine rings is 1. The molecule has 1 aromatic carbocycles. The summed E-state index contributed by atoms with van der Waals surface area (Å²) in [6.45, 7) is 5.70. The standard InChI is InChI=1S/C29H38FN3O6/c1-3-4-7-26-37-29(39-38-26)10-5-6-21(17-29)36-28(35)32-13-11-31(12-14-32)25-16-24-22(15-23(25)30)27(34)19(2)18-33(24)20-8-9-20/h15-16,18,20-21,26H,3-14,17H2,1-2H3. The van der Waals surface area contributed by atoms with Crippen LogP contribution in [0.3, 0.4) is 0 Å². The lowest BCUT2D eigenvalue weighted by molar-refractivity contribution is -0.341. The van der Waals surface area contributed by atoms with Crippen molar-refractivity contribution in [3.05, 3.63) is 39.9 Å². The van der Waals surface area contributed by atoms with E-state index in [1.807, 2.05) is 11.1 Å². The third-order valence-electron chi connectivity index (χ3n) is 8.43. The fourth-order valence-corrected chi connectivity index (χ4v) is 6.07. The maximum absolute atomic E-state index is 15.2. The number of carbonyl (C=O) groups is 1. The third kappa shape index (κ3) is 5.38. The summed E-state index contributed by atoms with van der Waals surface area (Å²) in [6, 6.07) is 3.54. The Hall–Kier alpha value is -2.69. The molecule has 1 aromatic heterocycles. The van der Waals surface area contributed by atoms with E-state index in [1.165, 1.54) is 6.07 Å². The molecule has 4 fully saturated rings. The number of aromatic nitrogens is 1. The number of aryl methyl sites for hydroxylation is 1. The minimum atomic E-state index is -0.840. The number of nitrogens with zero attached hydrogens (tertiary/aromatic N) is 3. The SMILES string of the molecule is CCCCC1OOC2(CCCC(OC(=O)N3CCN(c4cc5c(cc4F)c(=O)c(C)cn5C4CC4)CC3)C2)O1. The van der Waals surface area contributed by atoms with Crippen LogP contribution in [0.25, 0.3) is 10.9 Å². The molecule has 2 saturated heterocycles. The van der Waals surface area contributed by atoms with Gasteiger partial charge in [-0.3, -0.25) is 4.79 Å². The minimum Gasteiger partial charge on any atom is -0.446 e. The zero-order valence-corrected chi connectivity index (χ0v) is 22.8. The molecule has 4 aliphatic rings. The summed E-state index contributed by atoms with van der Waals surface area (Å²) >= 11 is 0. The molecule has 0 bridgehead atoms. The molecule has 2 aromatic rings. The van der Waals surface area contributed by atoms with Crippen molar-refractivity contribution < 1.29 is 28.4 Å². The van der Waals surface area contributed by atoms with E-state index in [-0.39, 0.29) is 23.9 Å². The predicted molar refractivity (Wildman–Crippen MR) is 143 cm³/mol. The lowest BCUT2D eigenvalue weighted by Crippen LogP contribution is -2.50. The van der Waals surface area contributed by atoms with Crippen LogP contribution in [0.15, 0.2) is 23.1 Å². The maximum Gasteiger partial charge on any atom is 0.410 e. The molecule has 3 unspecified atom stereocenters. The average molecular weight is 544 g/mol. The van der Waals surface area contributed by atoms with Crippen molar-refractivity contribution in [2.45, 2.75) is 95.9 Å². The van der Waals surface area contributed by atoms with E-state index in [4.69, 9.17) is 19.2 Å². The van der Waals surface area contributed by atoms with Crippen LogP contribution in [0.5, 0.6) is 0 Å². The highest BCUT2D eigenvalue weighted by Gasteiger charge is 2.48. The van der Waals surface area contributed by atoms with Gasteiger partial charge in [-0.25, -0.2) is 14.1 Å². The molecule has 1 spiro atoms. The zero-order valence-electron chi connectivity index (χ0n) is 22.8. The van der Waals surface area contributed by atoms with Gasteiger partial charge >= 0.3 is 6.09 Å². The largest absolute Gasteiger partial charge is 0.446 e. The van der Waals surface area contributed by atoms with Crippen molar-refractivity contribution in [2.24, 2.45) is 0 Å². The van der Waals surface area contributed by atoms with Crippen molar-refractivity contribution in [1.82, 2.24) is 9.47 Å². The lowest BCUT2D eigenvalue weighted by Gasteiger charge is -2.38. The van der Waals surface area contributed by atoms with Crippen LogP contribution in [0.4, 0.5) is 14.9 Å². The molecule has 2 saturated carbocycles. The van der Waals surface area contributed by atoms with Gasteiger partial charge in [0, 0.05) is 68.6 Å². The Kier molecular flexibility index (Phi) is 7.28. The number of carbonyl (C=O) groups excluding carboxylic acids is 1. The molecule has 0 N–H and O–H groups in total. The number of unbranched alkanes of at least 4 members (excludes halogenated alkanes) is 1. The second-order valence-corrected chi connectivity index (χ2v) is 11.5. The van der Waals surface area contributed by atoms with E-state index >= 15 is 4.39 Å². The molecule has 3 atom stereocenters. The van der Waals surface area contributed by atoms with Gasteiger partial charge in [-0.05, 0) is 51.2 Å². The lowest BCUT2D eigenvalue weighted by atomic mass is 9.91. The highest BCUT2D eigenvalue weighted by molar-refractivity contribution is 5.84. The molecule has 39 heavy (non-hydrogen) atoms. The highest BCUT2D eigenvalue weighted by atomic mass is 19.1. The molecule has 9 nitrogen and oxygen atoms in total. The fraction of sp³-hybridized carbons (Fsp3) is 0.655. The number of amides is 1. The summed E-state index contributed by atoms with van der Waals surface area (Å²) in [5.41, 5.74) is 1.75.